The highest BCUT2D eigenvalue weighted by Crippen LogP contribution is 2.27. The number of aromatic nitrogens is 4. The Hall–Kier alpha value is -2.14. The Kier molecular flexibility index (Phi) is 6.59. The van der Waals surface area contributed by atoms with Gasteiger partial charge in [-0.15, -0.1) is 10.2 Å². The van der Waals surface area contributed by atoms with Gasteiger partial charge in [-0.3, -0.25) is 9.36 Å². The summed E-state index contributed by atoms with van der Waals surface area (Å²) in [7, 11) is 0. The highest BCUT2D eigenvalue weighted by molar-refractivity contribution is 7.99. The van der Waals surface area contributed by atoms with Crippen LogP contribution in [0.15, 0.2) is 5.16 Å². The molecule has 1 atom stereocenters. The van der Waals surface area contributed by atoms with E-state index in [0.717, 1.165) is 17.1 Å². The molecule has 0 bridgehead atoms. The van der Waals surface area contributed by atoms with E-state index >= 15 is 0 Å². The lowest BCUT2D eigenvalue weighted by molar-refractivity contribution is -0.118. The number of ether oxygens (including phenoxy) is 1. The van der Waals surface area contributed by atoms with E-state index in [4.69, 9.17) is 10.5 Å². The van der Waals surface area contributed by atoms with E-state index in [1.807, 2.05) is 6.92 Å². The van der Waals surface area contributed by atoms with Gasteiger partial charge < -0.3 is 15.8 Å². The Morgan fingerprint density at radius 2 is 2.04 bits per heavy atom. The fourth-order valence-electron chi connectivity index (χ4n) is 2.11. The fourth-order valence-corrected chi connectivity index (χ4v) is 3.71. The molecule has 2 aromatic heterocycles. The summed E-state index contributed by atoms with van der Waals surface area (Å²) in [4.78, 5) is 29.2. The van der Waals surface area contributed by atoms with Gasteiger partial charge in [0.1, 0.15) is 10.9 Å². The molecule has 0 aromatic carbocycles. The maximum atomic E-state index is 12.6. The maximum Gasteiger partial charge on any atom is 0.350 e. The van der Waals surface area contributed by atoms with Gasteiger partial charge in [0.05, 0.1) is 11.8 Å². The summed E-state index contributed by atoms with van der Waals surface area (Å²) in [6, 6.07) is -0.630. The van der Waals surface area contributed by atoms with Crippen LogP contribution in [0.2, 0.25) is 0 Å². The zero-order valence-electron chi connectivity index (χ0n) is 15.3. The molecule has 11 heteroatoms. The van der Waals surface area contributed by atoms with E-state index in [1.165, 1.54) is 11.8 Å². The molecule has 0 radical (unpaired) electrons. The van der Waals surface area contributed by atoms with E-state index in [9.17, 15) is 9.59 Å². The Bertz CT molecular complexity index is 801. The maximum absolute atomic E-state index is 12.6. The minimum atomic E-state index is -0.630. The summed E-state index contributed by atoms with van der Waals surface area (Å²) >= 11 is 2.52. The van der Waals surface area contributed by atoms with Crippen molar-refractivity contribution in [3.63, 3.8) is 0 Å². The van der Waals surface area contributed by atoms with Crippen molar-refractivity contribution in [3.05, 3.63) is 10.6 Å². The number of thiazole rings is 1. The number of nitrogens with one attached hydrogen (secondary N) is 1. The molecule has 0 saturated carbocycles. The van der Waals surface area contributed by atoms with Crippen LogP contribution in [0.25, 0.3) is 0 Å². The lowest BCUT2D eigenvalue weighted by Crippen LogP contribution is -2.25. The van der Waals surface area contributed by atoms with E-state index in [0.29, 0.717) is 20.9 Å². The van der Waals surface area contributed by atoms with Gasteiger partial charge in [-0.2, -0.15) is 0 Å². The van der Waals surface area contributed by atoms with Gasteiger partial charge in [-0.25, -0.2) is 9.78 Å². The Morgan fingerprint density at radius 1 is 1.35 bits per heavy atom. The molecule has 0 aliphatic rings. The lowest BCUT2D eigenvalue weighted by atomic mass is 10.3. The van der Waals surface area contributed by atoms with Crippen LogP contribution in [0.3, 0.4) is 0 Å². The highest BCUT2D eigenvalue weighted by Gasteiger charge is 2.24. The summed E-state index contributed by atoms with van der Waals surface area (Å²) in [6.45, 7) is 8.91. The minimum Gasteiger partial charge on any atom is -0.459 e. The third kappa shape index (κ3) is 4.52. The second-order valence-electron chi connectivity index (χ2n) is 5.70. The fraction of sp³-hybridized carbons (Fsp3) is 0.533. The van der Waals surface area contributed by atoms with Crippen molar-refractivity contribution in [3.8, 4) is 0 Å². The van der Waals surface area contributed by atoms with Crippen LogP contribution in [-0.4, -0.2) is 43.5 Å². The Morgan fingerprint density at radius 3 is 2.65 bits per heavy atom. The number of esters is 1. The van der Waals surface area contributed by atoms with E-state index in [1.54, 1.807) is 32.3 Å². The highest BCUT2D eigenvalue weighted by atomic mass is 32.2. The number of rotatable bonds is 7. The van der Waals surface area contributed by atoms with Crippen LogP contribution in [0.1, 0.15) is 49.1 Å². The average Bonchev–Trinajstić information content (AvgIpc) is 3.09. The quantitative estimate of drug-likeness (QED) is 0.538. The van der Waals surface area contributed by atoms with Crippen LogP contribution >= 0.6 is 23.1 Å². The number of hydrogen-bond donors (Lipinski definition) is 2. The van der Waals surface area contributed by atoms with Gasteiger partial charge >= 0.3 is 5.97 Å². The molecular weight excluding hydrogens is 376 g/mol. The standard InChI is InChI=1S/C15H22N6O3S2/c1-6-25-15-20-19-13(16)21(15)9(5)11(22)18-14-17-8(4)10(26-14)12(23)24-7(2)3/h7,9H,6H2,1-5H3,(H2,16,19)(H,17,18,22). The molecule has 0 aliphatic carbocycles. The average molecular weight is 399 g/mol. The molecule has 2 aromatic rings. The largest absolute Gasteiger partial charge is 0.459 e. The number of amides is 1. The molecule has 2 heterocycles. The summed E-state index contributed by atoms with van der Waals surface area (Å²) in [5.74, 6) is 0.166. The number of nitrogens with two attached hydrogens (primary N) is 1. The van der Waals surface area contributed by atoms with E-state index < -0.39 is 12.0 Å². The zero-order chi connectivity index (χ0) is 19.4. The molecule has 142 valence electrons. The predicted molar refractivity (Wildman–Crippen MR) is 102 cm³/mol. The third-order valence-corrected chi connectivity index (χ3v) is 5.16. The molecule has 0 saturated heterocycles. The first-order valence-corrected chi connectivity index (χ1v) is 9.87. The minimum absolute atomic E-state index is 0.167. The van der Waals surface area contributed by atoms with Gasteiger partial charge in [0.2, 0.25) is 11.9 Å². The molecule has 1 amide bonds. The molecule has 1 unspecified atom stereocenters. The summed E-state index contributed by atoms with van der Waals surface area (Å²) in [6.07, 6.45) is -0.228. The lowest BCUT2D eigenvalue weighted by Gasteiger charge is -2.15. The second-order valence-corrected chi connectivity index (χ2v) is 7.93. The molecule has 9 nitrogen and oxygen atoms in total. The first-order chi connectivity index (χ1) is 12.2. The smallest absolute Gasteiger partial charge is 0.350 e. The molecule has 26 heavy (non-hydrogen) atoms. The van der Waals surface area contributed by atoms with Gasteiger partial charge in [0.15, 0.2) is 10.3 Å². The topological polar surface area (TPSA) is 125 Å². The van der Waals surface area contributed by atoms with Crippen molar-refractivity contribution in [1.29, 1.82) is 0 Å². The Labute approximate surface area is 159 Å². The molecule has 0 spiro atoms. The van der Waals surface area contributed by atoms with Crippen LogP contribution in [0, 0.1) is 6.92 Å². The monoisotopic (exact) mass is 398 g/mol. The number of anilines is 2. The van der Waals surface area contributed by atoms with Crippen molar-refractivity contribution in [2.75, 3.05) is 16.8 Å². The van der Waals surface area contributed by atoms with Crippen molar-refractivity contribution in [2.24, 2.45) is 0 Å². The first-order valence-electron chi connectivity index (χ1n) is 8.07. The molecular formula is C15H22N6O3S2. The van der Waals surface area contributed by atoms with E-state index in [-0.39, 0.29) is 18.0 Å². The van der Waals surface area contributed by atoms with Crippen molar-refractivity contribution in [2.45, 2.75) is 51.9 Å². The van der Waals surface area contributed by atoms with Gasteiger partial charge in [0.25, 0.3) is 0 Å². The van der Waals surface area contributed by atoms with Crippen LogP contribution < -0.4 is 11.1 Å². The molecule has 0 aliphatic heterocycles. The SMILES string of the molecule is CCSc1nnc(N)n1C(C)C(=O)Nc1nc(C)c(C(=O)OC(C)C)s1. The van der Waals surface area contributed by atoms with Crippen LogP contribution in [-0.2, 0) is 9.53 Å². The molecule has 3 N–H and O–H groups in total. The number of thioether (sulfide) groups is 1. The number of aryl methyl sites for hydroxylation is 1. The zero-order valence-corrected chi connectivity index (χ0v) is 16.9. The van der Waals surface area contributed by atoms with Crippen LogP contribution in [0.4, 0.5) is 11.1 Å². The number of nitrogens with zero attached hydrogens (tertiary/aromatic N) is 4. The van der Waals surface area contributed by atoms with Gasteiger partial charge in [0, 0.05) is 0 Å². The first kappa shape index (κ1) is 20.2. The predicted octanol–water partition coefficient (Wildman–Crippen LogP) is 2.50. The normalized spacial score (nSPS) is 12.2. The van der Waals surface area contributed by atoms with E-state index in [2.05, 4.69) is 20.5 Å². The van der Waals surface area contributed by atoms with Crippen LogP contribution in [0.5, 0.6) is 0 Å². The number of carbonyl (C=O) groups excluding carboxylic acids is 2. The number of hydrogen-bond acceptors (Lipinski definition) is 9. The van der Waals surface area contributed by atoms with Gasteiger partial charge in [-0.05, 0) is 33.4 Å². The van der Waals surface area contributed by atoms with Gasteiger partial charge in [-0.1, -0.05) is 30.0 Å². The summed E-state index contributed by atoms with van der Waals surface area (Å²) in [5, 5.41) is 11.4. The number of nitrogen functional groups attached to an aromatic ring is 1. The molecule has 0 fully saturated rings. The number of carbonyl (C=O) groups is 2. The summed E-state index contributed by atoms with van der Waals surface area (Å²) in [5.41, 5.74) is 6.35. The molecule has 2 rings (SSSR count). The van der Waals surface area contributed by atoms with Crippen molar-refractivity contribution >= 4 is 46.1 Å². The Balaban J connectivity index is 2.15. The third-order valence-electron chi connectivity index (χ3n) is 3.29. The summed E-state index contributed by atoms with van der Waals surface area (Å²) < 4.78 is 6.75. The second kappa shape index (κ2) is 8.49. The van der Waals surface area contributed by atoms with Crippen molar-refractivity contribution < 1.29 is 14.3 Å². The van der Waals surface area contributed by atoms with Crippen molar-refractivity contribution in [1.82, 2.24) is 19.7 Å².